The van der Waals surface area contributed by atoms with Gasteiger partial charge in [-0.25, -0.2) is 4.79 Å². The number of methoxy groups -OCH3 is 1. The van der Waals surface area contributed by atoms with Crippen LogP contribution in [0.3, 0.4) is 0 Å². The number of amidine groups is 1. The van der Waals surface area contributed by atoms with Crippen molar-refractivity contribution >= 4 is 23.3 Å². The van der Waals surface area contributed by atoms with Gasteiger partial charge in [0.1, 0.15) is 11.6 Å². The third-order valence-electron chi connectivity index (χ3n) is 5.13. The summed E-state index contributed by atoms with van der Waals surface area (Å²) in [5, 5.41) is 20.2. The Morgan fingerprint density at radius 1 is 0.971 bits per heavy atom. The Labute approximate surface area is 202 Å². The number of benzene rings is 3. The summed E-state index contributed by atoms with van der Waals surface area (Å²) in [6, 6.07) is 16.9. The second kappa shape index (κ2) is 11.6. The lowest BCUT2D eigenvalue weighted by atomic mass is 10.1. The first-order valence-corrected chi connectivity index (χ1v) is 10.8. The van der Waals surface area contributed by atoms with Crippen molar-refractivity contribution in [3.8, 4) is 17.2 Å². The summed E-state index contributed by atoms with van der Waals surface area (Å²) in [5.41, 5.74) is 7.46. The number of carboxylic acid groups (broad SMARTS) is 1. The van der Waals surface area contributed by atoms with Gasteiger partial charge in [-0.05, 0) is 73.2 Å². The highest BCUT2D eigenvalue weighted by Gasteiger charge is 2.22. The maximum Gasteiger partial charge on any atom is 0.330 e. The number of Topliss-reactive ketones (excluding diaryl/α,β-unsaturated/α-hetero) is 1. The van der Waals surface area contributed by atoms with E-state index in [4.69, 9.17) is 25.4 Å². The van der Waals surface area contributed by atoms with Crippen LogP contribution in [-0.4, -0.2) is 43.0 Å². The van der Waals surface area contributed by atoms with Gasteiger partial charge in [-0.15, -0.1) is 0 Å². The number of aliphatic carboxylic acids is 1. The largest absolute Gasteiger partial charge is 0.497 e. The monoisotopic (exact) mass is 477 g/mol. The van der Waals surface area contributed by atoms with E-state index in [2.05, 4.69) is 5.32 Å². The third-order valence-corrected chi connectivity index (χ3v) is 5.13. The number of hydrogen-bond donors (Lipinski definition) is 4. The minimum Gasteiger partial charge on any atom is -0.497 e. The van der Waals surface area contributed by atoms with Crippen molar-refractivity contribution in [3.05, 3.63) is 83.4 Å². The number of anilines is 1. The van der Waals surface area contributed by atoms with Crippen LogP contribution >= 0.6 is 0 Å². The van der Waals surface area contributed by atoms with Crippen molar-refractivity contribution in [2.45, 2.75) is 13.0 Å². The maximum absolute atomic E-state index is 12.5. The van der Waals surface area contributed by atoms with Crippen LogP contribution in [0.4, 0.5) is 5.69 Å². The van der Waals surface area contributed by atoms with Gasteiger partial charge in [0, 0.05) is 16.8 Å². The van der Waals surface area contributed by atoms with Crippen molar-refractivity contribution in [2.75, 3.05) is 25.6 Å². The van der Waals surface area contributed by atoms with Gasteiger partial charge in [-0.3, -0.25) is 10.2 Å². The Balaban J connectivity index is 1.77. The molecule has 1 atom stereocenters. The molecule has 0 aliphatic rings. The van der Waals surface area contributed by atoms with Crippen LogP contribution in [0.1, 0.15) is 34.5 Å². The maximum atomic E-state index is 12.5. The van der Waals surface area contributed by atoms with Crippen LogP contribution in [0.5, 0.6) is 17.2 Å². The summed E-state index contributed by atoms with van der Waals surface area (Å²) in [6.07, 6.45) is 0. The zero-order valence-corrected chi connectivity index (χ0v) is 19.4. The summed E-state index contributed by atoms with van der Waals surface area (Å²) >= 11 is 0. The van der Waals surface area contributed by atoms with E-state index in [0.717, 1.165) is 0 Å². The Bertz CT molecular complexity index is 1190. The number of nitrogens with two attached hydrogens (primary N) is 1. The van der Waals surface area contributed by atoms with E-state index in [-0.39, 0.29) is 18.2 Å². The summed E-state index contributed by atoms with van der Waals surface area (Å²) in [4.78, 5) is 24.5. The molecule has 0 saturated carbocycles. The molecule has 0 bridgehead atoms. The van der Waals surface area contributed by atoms with E-state index < -0.39 is 12.0 Å². The highest BCUT2D eigenvalue weighted by Crippen LogP contribution is 2.32. The van der Waals surface area contributed by atoms with Crippen molar-refractivity contribution in [3.63, 3.8) is 0 Å². The predicted octanol–water partition coefficient (Wildman–Crippen LogP) is 3.88. The number of nitrogen functional groups attached to an aromatic ring is 1. The molecule has 5 N–H and O–H groups in total. The van der Waals surface area contributed by atoms with E-state index in [1.807, 2.05) is 0 Å². The fourth-order valence-corrected chi connectivity index (χ4v) is 3.30. The molecule has 3 aromatic rings. The molecule has 0 heterocycles. The van der Waals surface area contributed by atoms with Gasteiger partial charge < -0.3 is 30.4 Å². The van der Waals surface area contributed by atoms with Gasteiger partial charge in [0.15, 0.2) is 29.9 Å². The highest BCUT2D eigenvalue weighted by molar-refractivity contribution is 5.97. The van der Waals surface area contributed by atoms with Gasteiger partial charge in [0.05, 0.1) is 13.7 Å². The molecule has 182 valence electrons. The minimum atomic E-state index is -1.09. The second-order valence-corrected chi connectivity index (χ2v) is 7.49. The Morgan fingerprint density at radius 2 is 1.63 bits per heavy atom. The zero-order chi connectivity index (χ0) is 25.4. The fourth-order valence-electron chi connectivity index (χ4n) is 3.30. The molecule has 0 amide bonds. The van der Waals surface area contributed by atoms with Gasteiger partial charge in [-0.2, -0.15) is 0 Å². The molecule has 0 saturated heterocycles. The first-order chi connectivity index (χ1) is 16.8. The molecule has 0 aromatic heterocycles. The van der Waals surface area contributed by atoms with Crippen molar-refractivity contribution in [1.29, 1.82) is 5.41 Å². The van der Waals surface area contributed by atoms with E-state index in [1.54, 1.807) is 80.8 Å². The summed E-state index contributed by atoms with van der Waals surface area (Å²) < 4.78 is 16.5. The number of ketones is 1. The Kier molecular flexibility index (Phi) is 8.29. The highest BCUT2D eigenvalue weighted by atomic mass is 16.5. The molecule has 9 nitrogen and oxygen atoms in total. The molecule has 35 heavy (non-hydrogen) atoms. The quantitative estimate of drug-likeness (QED) is 0.175. The SMILES string of the molecule is CCOc1cc([C@@H](Nc2ccc(C(=N)N)cc2)C(=O)O)ccc1OCC(=O)c1ccc(OC)cc1. The summed E-state index contributed by atoms with van der Waals surface area (Å²) in [6.45, 7) is 1.90. The van der Waals surface area contributed by atoms with Crippen LogP contribution in [0, 0.1) is 5.41 Å². The molecular formula is C26H27N3O6. The van der Waals surface area contributed by atoms with Gasteiger partial charge >= 0.3 is 5.97 Å². The molecule has 3 aromatic carbocycles. The topological polar surface area (TPSA) is 144 Å². The average molecular weight is 478 g/mol. The predicted molar refractivity (Wildman–Crippen MR) is 132 cm³/mol. The molecule has 0 aliphatic carbocycles. The number of carbonyl (C=O) groups is 2. The molecule has 0 spiro atoms. The summed E-state index contributed by atoms with van der Waals surface area (Å²) in [5.74, 6) is -0.0912. The number of carbonyl (C=O) groups excluding carboxylic acids is 1. The standard InChI is InChI=1S/C26H27N3O6/c1-3-34-23-14-18(24(26(31)32)29-19-9-4-17(5-10-19)25(27)28)8-13-22(23)35-15-21(30)16-6-11-20(33-2)12-7-16/h4-14,24,29H,3,15H2,1-2H3,(H3,27,28)(H,31,32)/t24-/m1/s1. The molecule has 0 aliphatic heterocycles. The van der Waals surface area contributed by atoms with Crippen molar-refractivity contribution in [1.82, 2.24) is 0 Å². The smallest absolute Gasteiger partial charge is 0.330 e. The van der Waals surface area contributed by atoms with Gasteiger partial charge in [-0.1, -0.05) is 6.07 Å². The first-order valence-electron chi connectivity index (χ1n) is 10.8. The molecular weight excluding hydrogens is 450 g/mol. The van der Waals surface area contributed by atoms with Crippen molar-refractivity contribution in [2.24, 2.45) is 5.73 Å². The third kappa shape index (κ3) is 6.50. The number of rotatable bonds is 12. The second-order valence-electron chi connectivity index (χ2n) is 7.49. The lowest BCUT2D eigenvalue weighted by molar-refractivity contribution is -0.138. The molecule has 0 unspecified atom stereocenters. The minimum absolute atomic E-state index is 0.0752. The number of ether oxygens (including phenoxy) is 3. The van der Waals surface area contributed by atoms with E-state index >= 15 is 0 Å². The van der Waals surface area contributed by atoms with Crippen LogP contribution in [0.2, 0.25) is 0 Å². The Hall–Kier alpha value is -4.53. The number of nitrogens with one attached hydrogen (secondary N) is 2. The van der Waals surface area contributed by atoms with Gasteiger partial charge in [0.2, 0.25) is 0 Å². The lowest BCUT2D eigenvalue weighted by Gasteiger charge is -2.19. The summed E-state index contributed by atoms with van der Waals surface area (Å²) in [7, 11) is 1.55. The van der Waals surface area contributed by atoms with Crippen LogP contribution < -0.4 is 25.3 Å². The van der Waals surface area contributed by atoms with Gasteiger partial charge in [0.25, 0.3) is 0 Å². The lowest BCUT2D eigenvalue weighted by Crippen LogP contribution is -2.21. The fraction of sp³-hybridized carbons (Fsp3) is 0.192. The van der Waals surface area contributed by atoms with E-state index in [9.17, 15) is 14.7 Å². The normalized spacial score (nSPS) is 11.3. The molecule has 3 rings (SSSR count). The number of carboxylic acids is 1. The van der Waals surface area contributed by atoms with E-state index in [0.29, 0.717) is 46.2 Å². The van der Waals surface area contributed by atoms with E-state index in [1.165, 1.54) is 0 Å². The van der Waals surface area contributed by atoms with Crippen LogP contribution in [-0.2, 0) is 4.79 Å². The molecule has 0 radical (unpaired) electrons. The molecule has 0 fully saturated rings. The Morgan fingerprint density at radius 3 is 2.20 bits per heavy atom. The average Bonchev–Trinajstić information content (AvgIpc) is 2.86. The first kappa shape index (κ1) is 25.1. The number of hydrogen-bond acceptors (Lipinski definition) is 7. The zero-order valence-electron chi connectivity index (χ0n) is 19.4. The van der Waals surface area contributed by atoms with Crippen molar-refractivity contribution < 1.29 is 28.9 Å². The molecule has 9 heteroatoms. The van der Waals surface area contributed by atoms with Crippen LogP contribution in [0.15, 0.2) is 66.7 Å². The van der Waals surface area contributed by atoms with Crippen LogP contribution in [0.25, 0.3) is 0 Å².